The van der Waals surface area contributed by atoms with Gasteiger partial charge in [-0.25, -0.2) is 0 Å². The Labute approximate surface area is 160 Å². The van der Waals surface area contributed by atoms with Gasteiger partial charge in [-0.15, -0.1) is 0 Å². The van der Waals surface area contributed by atoms with Crippen molar-refractivity contribution in [3.05, 3.63) is 41.6 Å². The van der Waals surface area contributed by atoms with Gasteiger partial charge in [0.15, 0.2) is 0 Å². The van der Waals surface area contributed by atoms with E-state index < -0.39 is 0 Å². The normalized spacial score (nSPS) is 21.7. The van der Waals surface area contributed by atoms with Crippen molar-refractivity contribution in [3.63, 3.8) is 0 Å². The van der Waals surface area contributed by atoms with E-state index in [1.807, 2.05) is 37.1 Å². The predicted octanol–water partition coefficient (Wildman–Crippen LogP) is 3.04. The van der Waals surface area contributed by atoms with Crippen molar-refractivity contribution in [3.8, 4) is 0 Å². The summed E-state index contributed by atoms with van der Waals surface area (Å²) in [6.07, 6.45) is 5.06. The number of aromatic nitrogens is 1. The molecule has 27 heavy (non-hydrogen) atoms. The Hall–Kier alpha value is -2.40. The summed E-state index contributed by atoms with van der Waals surface area (Å²) in [6, 6.07) is 6.41. The highest BCUT2D eigenvalue weighted by Gasteiger charge is 2.37. The van der Waals surface area contributed by atoms with Gasteiger partial charge in [0, 0.05) is 44.2 Å². The molecule has 1 aromatic carbocycles. The number of carbonyl (C=O) groups excluding carboxylic acids is 2. The third kappa shape index (κ3) is 2.72. The molecular weight excluding hydrogens is 338 g/mol. The molecule has 1 amide bonds. The lowest BCUT2D eigenvalue weighted by molar-refractivity contribution is -0.134. The number of rotatable bonds is 3. The molecule has 0 saturated heterocycles. The largest absolute Gasteiger partial charge is 0.343 e. The van der Waals surface area contributed by atoms with E-state index in [1.165, 1.54) is 22.1 Å². The van der Waals surface area contributed by atoms with Gasteiger partial charge in [0.2, 0.25) is 11.8 Å². The van der Waals surface area contributed by atoms with Crippen LogP contribution in [0.2, 0.25) is 0 Å². The van der Waals surface area contributed by atoms with Crippen LogP contribution in [0.1, 0.15) is 36.7 Å². The van der Waals surface area contributed by atoms with E-state index >= 15 is 0 Å². The Morgan fingerprint density at radius 1 is 1.22 bits per heavy atom. The summed E-state index contributed by atoms with van der Waals surface area (Å²) < 4.78 is 1.75. The minimum absolute atomic E-state index is 0.0326. The van der Waals surface area contributed by atoms with Crippen LogP contribution in [0.3, 0.4) is 0 Å². The summed E-state index contributed by atoms with van der Waals surface area (Å²) in [5, 5.41) is 1.17. The highest BCUT2D eigenvalue weighted by atomic mass is 16.2. The highest BCUT2D eigenvalue weighted by Crippen LogP contribution is 2.41. The first-order valence-electron chi connectivity index (χ1n) is 9.81. The van der Waals surface area contributed by atoms with Crippen molar-refractivity contribution in [2.75, 3.05) is 26.7 Å². The fourth-order valence-electron chi connectivity index (χ4n) is 4.74. The molecule has 5 nitrogen and oxygen atoms in total. The molecule has 0 radical (unpaired) electrons. The number of hydrogen-bond donors (Lipinski definition) is 0. The smallest absolute Gasteiger partial charge is 0.230 e. The molecule has 2 atom stereocenters. The molecule has 0 fully saturated rings. The van der Waals surface area contributed by atoms with E-state index in [2.05, 4.69) is 24.1 Å². The van der Waals surface area contributed by atoms with Crippen LogP contribution in [0.5, 0.6) is 0 Å². The Balaban J connectivity index is 1.85. The summed E-state index contributed by atoms with van der Waals surface area (Å²) >= 11 is 0. The van der Waals surface area contributed by atoms with Crippen molar-refractivity contribution in [2.24, 2.45) is 5.92 Å². The molecule has 2 aliphatic rings. The summed E-state index contributed by atoms with van der Waals surface area (Å²) in [5.41, 5.74) is 4.59. The SMILES string of the molecule is CCN(CC)C(=O)C1C=C2c3cccc4c3c(cn4C(C)=O)CC2N(C)C1. The van der Waals surface area contributed by atoms with E-state index in [0.29, 0.717) is 0 Å². The quantitative estimate of drug-likeness (QED) is 0.840. The first-order valence-corrected chi connectivity index (χ1v) is 9.81. The van der Waals surface area contributed by atoms with Gasteiger partial charge < -0.3 is 4.90 Å². The predicted molar refractivity (Wildman–Crippen MR) is 108 cm³/mol. The van der Waals surface area contributed by atoms with Crippen LogP contribution in [-0.4, -0.2) is 58.9 Å². The summed E-state index contributed by atoms with van der Waals surface area (Å²) in [4.78, 5) is 29.3. The van der Waals surface area contributed by atoms with Crippen molar-refractivity contribution in [2.45, 2.75) is 33.2 Å². The van der Waals surface area contributed by atoms with Gasteiger partial charge in [0.05, 0.1) is 11.4 Å². The van der Waals surface area contributed by atoms with Crippen LogP contribution in [0.15, 0.2) is 30.5 Å². The van der Waals surface area contributed by atoms with E-state index in [9.17, 15) is 9.59 Å². The highest BCUT2D eigenvalue weighted by molar-refractivity contribution is 6.03. The average molecular weight is 365 g/mol. The maximum atomic E-state index is 13.0. The molecule has 2 aromatic rings. The maximum absolute atomic E-state index is 13.0. The van der Waals surface area contributed by atoms with Gasteiger partial charge in [-0.1, -0.05) is 18.2 Å². The molecular formula is C22H27N3O2. The molecule has 0 bridgehead atoms. The third-order valence-corrected chi connectivity index (χ3v) is 6.12. The van der Waals surface area contributed by atoms with Gasteiger partial charge in [0.1, 0.15) is 0 Å². The van der Waals surface area contributed by atoms with E-state index in [1.54, 1.807) is 11.5 Å². The molecule has 4 rings (SSSR count). The number of amides is 1. The lowest BCUT2D eigenvalue weighted by atomic mass is 9.79. The molecule has 2 unspecified atom stereocenters. The Morgan fingerprint density at radius 2 is 1.96 bits per heavy atom. The van der Waals surface area contributed by atoms with Crippen molar-refractivity contribution in [1.29, 1.82) is 0 Å². The first-order chi connectivity index (χ1) is 13.0. The molecule has 0 saturated carbocycles. The molecule has 1 aliphatic carbocycles. The van der Waals surface area contributed by atoms with Gasteiger partial charge in [-0.3, -0.25) is 19.1 Å². The second-order valence-corrected chi connectivity index (χ2v) is 7.64. The molecule has 0 N–H and O–H groups in total. The van der Waals surface area contributed by atoms with E-state index in [4.69, 9.17) is 0 Å². The van der Waals surface area contributed by atoms with E-state index in [0.717, 1.165) is 31.6 Å². The van der Waals surface area contributed by atoms with Crippen LogP contribution >= 0.6 is 0 Å². The lowest BCUT2D eigenvalue weighted by Gasteiger charge is -2.40. The van der Waals surface area contributed by atoms with Crippen LogP contribution in [0, 0.1) is 5.92 Å². The van der Waals surface area contributed by atoms with Gasteiger partial charge in [-0.05, 0) is 50.1 Å². The van der Waals surface area contributed by atoms with Gasteiger partial charge in [-0.2, -0.15) is 0 Å². The lowest BCUT2D eigenvalue weighted by Crippen LogP contribution is -2.47. The topological polar surface area (TPSA) is 45.6 Å². The number of fused-ring (bicyclic) bond motifs is 2. The number of benzene rings is 1. The number of likely N-dealkylation sites (N-methyl/N-ethyl adjacent to an activating group) is 1. The minimum atomic E-state index is -0.118. The molecule has 142 valence electrons. The van der Waals surface area contributed by atoms with Crippen LogP contribution in [0.25, 0.3) is 16.5 Å². The Bertz CT molecular complexity index is 952. The Morgan fingerprint density at radius 3 is 2.63 bits per heavy atom. The monoisotopic (exact) mass is 365 g/mol. The zero-order valence-corrected chi connectivity index (χ0v) is 16.5. The van der Waals surface area contributed by atoms with Crippen LogP contribution < -0.4 is 0 Å². The fourth-order valence-corrected chi connectivity index (χ4v) is 4.74. The van der Waals surface area contributed by atoms with Crippen molar-refractivity contribution >= 4 is 28.3 Å². The summed E-state index contributed by atoms with van der Waals surface area (Å²) in [7, 11) is 2.10. The zero-order valence-electron chi connectivity index (χ0n) is 16.5. The van der Waals surface area contributed by atoms with Crippen LogP contribution in [-0.2, 0) is 11.2 Å². The first kappa shape index (κ1) is 18.0. The molecule has 1 aromatic heterocycles. The van der Waals surface area contributed by atoms with Crippen molar-refractivity contribution in [1.82, 2.24) is 14.4 Å². The second kappa shape index (κ2) is 6.64. The van der Waals surface area contributed by atoms with Gasteiger partial charge >= 0.3 is 0 Å². The molecule has 5 heteroatoms. The summed E-state index contributed by atoms with van der Waals surface area (Å²) in [5.74, 6) is 0.120. The van der Waals surface area contributed by atoms with Gasteiger partial charge in [0.25, 0.3) is 0 Å². The maximum Gasteiger partial charge on any atom is 0.230 e. The third-order valence-electron chi connectivity index (χ3n) is 6.12. The number of nitrogens with zero attached hydrogens (tertiary/aromatic N) is 3. The minimum Gasteiger partial charge on any atom is -0.343 e. The molecule has 1 aliphatic heterocycles. The fraction of sp³-hybridized carbons (Fsp3) is 0.455. The van der Waals surface area contributed by atoms with Crippen LogP contribution in [0.4, 0.5) is 0 Å². The standard InChI is InChI=1S/C22H27N3O2/c1-5-24(6-2)22(27)16-10-18-17-8-7-9-19-21(17)15(13-25(19)14(3)26)11-20(18)23(4)12-16/h7-10,13,16,20H,5-6,11-12H2,1-4H3. The average Bonchev–Trinajstić information content (AvgIpc) is 3.04. The zero-order chi connectivity index (χ0) is 19.3. The van der Waals surface area contributed by atoms with Crippen molar-refractivity contribution < 1.29 is 9.59 Å². The second-order valence-electron chi connectivity index (χ2n) is 7.64. The molecule has 0 spiro atoms. The van der Waals surface area contributed by atoms with E-state index in [-0.39, 0.29) is 23.8 Å². The summed E-state index contributed by atoms with van der Waals surface area (Å²) in [6.45, 7) is 7.88. The number of hydrogen-bond acceptors (Lipinski definition) is 3. The number of carbonyl (C=O) groups is 2. The Kier molecular flexibility index (Phi) is 4.42. The molecule has 2 heterocycles.